The molecule has 0 bridgehead atoms. The summed E-state index contributed by atoms with van der Waals surface area (Å²) in [6.07, 6.45) is 2.24. The van der Waals surface area contributed by atoms with Gasteiger partial charge in [0.05, 0.1) is 0 Å². The maximum atomic E-state index is 11.8. The lowest BCUT2D eigenvalue weighted by Crippen LogP contribution is -2.25. The fourth-order valence-electron chi connectivity index (χ4n) is 1.56. The Balaban J connectivity index is 2.09. The molecule has 2 aromatic rings. The first-order valence-electron chi connectivity index (χ1n) is 6.32. The number of nitrogens with one attached hydrogen (secondary N) is 2. The standard InChI is InChI=1S/C14H15ClN4O/c1-2-7-16-14(20)12-8-13(18-9-17-12)19-11-5-3-10(15)4-6-11/h3-6,8-9H,2,7H2,1H3,(H,16,20)(H,17,18,19). The molecule has 0 aliphatic carbocycles. The molecule has 1 aromatic carbocycles. The van der Waals surface area contributed by atoms with E-state index in [2.05, 4.69) is 20.6 Å². The molecule has 1 amide bonds. The van der Waals surface area contributed by atoms with Gasteiger partial charge in [0, 0.05) is 23.3 Å². The molecule has 6 heteroatoms. The number of hydrogen-bond acceptors (Lipinski definition) is 4. The molecule has 2 N–H and O–H groups in total. The molecule has 0 aliphatic rings. The van der Waals surface area contributed by atoms with E-state index in [-0.39, 0.29) is 5.91 Å². The Bertz CT molecular complexity index is 586. The monoisotopic (exact) mass is 290 g/mol. The van der Waals surface area contributed by atoms with E-state index in [1.54, 1.807) is 18.2 Å². The average molecular weight is 291 g/mol. The van der Waals surface area contributed by atoms with E-state index in [1.165, 1.54) is 6.33 Å². The molecule has 20 heavy (non-hydrogen) atoms. The van der Waals surface area contributed by atoms with E-state index >= 15 is 0 Å². The van der Waals surface area contributed by atoms with Crippen molar-refractivity contribution in [3.63, 3.8) is 0 Å². The number of halogens is 1. The molecule has 0 radical (unpaired) electrons. The van der Waals surface area contributed by atoms with Crippen LogP contribution in [-0.2, 0) is 0 Å². The highest BCUT2D eigenvalue weighted by molar-refractivity contribution is 6.30. The molecule has 1 heterocycles. The summed E-state index contributed by atoms with van der Waals surface area (Å²) in [7, 11) is 0. The summed E-state index contributed by atoms with van der Waals surface area (Å²) in [6, 6.07) is 8.84. The number of nitrogens with zero attached hydrogens (tertiary/aromatic N) is 2. The van der Waals surface area contributed by atoms with Crippen LogP contribution >= 0.6 is 11.6 Å². The molecular formula is C14H15ClN4O. The van der Waals surface area contributed by atoms with E-state index in [4.69, 9.17) is 11.6 Å². The first kappa shape index (κ1) is 14.3. The topological polar surface area (TPSA) is 66.9 Å². The van der Waals surface area contributed by atoms with Crippen molar-refractivity contribution in [2.45, 2.75) is 13.3 Å². The van der Waals surface area contributed by atoms with E-state index in [0.29, 0.717) is 23.1 Å². The van der Waals surface area contributed by atoms with Gasteiger partial charge in [-0.2, -0.15) is 0 Å². The Kier molecular flexibility index (Phi) is 4.90. The predicted molar refractivity (Wildman–Crippen MR) is 79.4 cm³/mol. The number of carbonyl (C=O) groups excluding carboxylic acids is 1. The molecule has 0 saturated carbocycles. The molecule has 0 unspecified atom stereocenters. The Morgan fingerprint density at radius 1 is 1.25 bits per heavy atom. The highest BCUT2D eigenvalue weighted by Gasteiger charge is 2.07. The minimum Gasteiger partial charge on any atom is -0.351 e. The predicted octanol–water partition coefficient (Wildman–Crippen LogP) is 3.01. The Morgan fingerprint density at radius 3 is 2.70 bits per heavy atom. The van der Waals surface area contributed by atoms with Crippen molar-refractivity contribution in [3.05, 3.63) is 47.4 Å². The van der Waals surface area contributed by atoms with Gasteiger partial charge in [-0.3, -0.25) is 4.79 Å². The molecule has 0 aliphatic heterocycles. The van der Waals surface area contributed by atoms with Gasteiger partial charge in [0.25, 0.3) is 5.91 Å². The molecule has 0 atom stereocenters. The van der Waals surface area contributed by atoms with Gasteiger partial charge < -0.3 is 10.6 Å². The second kappa shape index (κ2) is 6.86. The van der Waals surface area contributed by atoms with Gasteiger partial charge in [-0.05, 0) is 30.7 Å². The third-order valence-corrected chi connectivity index (χ3v) is 2.80. The van der Waals surface area contributed by atoms with Crippen molar-refractivity contribution in [3.8, 4) is 0 Å². The SMILES string of the molecule is CCCNC(=O)c1cc(Nc2ccc(Cl)cc2)ncn1. The van der Waals surface area contributed by atoms with Crippen LogP contribution in [-0.4, -0.2) is 22.4 Å². The largest absolute Gasteiger partial charge is 0.351 e. The van der Waals surface area contributed by atoms with Crippen LogP contribution in [0.2, 0.25) is 5.02 Å². The minimum atomic E-state index is -0.201. The lowest BCUT2D eigenvalue weighted by atomic mass is 10.3. The second-order valence-electron chi connectivity index (χ2n) is 4.18. The lowest BCUT2D eigenvalue weighted by molar-refractivity contribution is 0.0948. The van der Waals surface area contributed by atoms with Crippen molar-refractivity contribution in [2.24, 2.45) is 0 Å². The fourth-order valence-corrected chi connectivity index (χ4v) is 1.69. The van der Waals surface area contributed by atoms with Crippen LogP contribution in [0, 0.1) is 0 Å². The summed E-state index contributed by atoms with van der Waals surface area (Å²) in [5.41, 5.74) is 1.18. The fraction of sp³-hybridized carbons (Fsp3) is 0.214. The number of anilines is 2. The lowest BCUT2D eigenvalue weighted by Gasteiger charge is -2.07. The molecule has 104 valence electrons. The van der Waals surface area contributed by atoms with E-state index in [9.17, 15) is 4.79 Å². The van der Waals surface area contributed by atoms with Gasteiger partial charge in [-0.15, -0.1) is 0 Å². The van der Waals surface area contributed by atoms with Crippen molar-refractivity contribution in [1.29, 1.82) is 0 Å². The van der Waals surface area contributed by atoms with Gasteiger partial charge in [-0.1, -0.05) is 18.5 Å². The number of aromatic nitrogens is 2. The Labute approximate surface area is 122 Å². The summed E-state index contributed by atoms with van der Waals surface area (Å²) in [6.45, 7) is 2.62. The third kappa shape index (κ3) is 3.93. The summed E-state index contributed by atoms with van der Waals surface area (Å²) in [4.78, 5) is 19.9. The summed E-state index contributed by atoms with van der Waals surface area (Å²) >= 11 is 5.82. The average Bonchev–Trinajstić information content (AvgIpc) is 2.47. The van der Waals surface area contributed by atoms with Gasteiger partial charge >= 0.3 is 0 Å². The number of hydrogen-bond donors (Lipinski definition) is 2. The Morgan fingerprint density at radius 2 is 2.00 bits per heavy atom. The molecule has 2 rings (SSSR count). The number of amides is 1. The maximum Gasteiger partial charge on any atom is 0.270 e. The number of rotatable bonds is 5. The van der Waals surface area contributed by atoms with Gasteiger partial charge in [-0.25, -0.2) is 9.97 Å². The van der Waals surface area contributed by atoms with Crippen LogP contribution in [0.25, 0.3) is 0 Å². The molecule has 0 fully saturated rings. The van der Waals surface area contributed by atoms with E-state index in [0.717, 1.165) is 12.1 Å². The highest BCUT2D eigenvalue weighted by atomic mass is 35.5. The number of carbonyl (C=O) groups is 1. The van der Waals surface area contributed by atoms with Gasteiger partial charge in [0.1, 0.15) is 17.8 Å². The second-order valence-corrected chi connectivity index (χ2v) is 4.61. The van der Waals surface area contributed by atoms with Crippen LogP contribution in [0.15, 0.2) is 36.7 Å². The zero-order valence-electron chi connectivity index (χ0n) is 11.1. The molecule has 0 saturated heterocycles. The van der Waals surface area contributed by atoms with E-state index < -0.39 is 0 Å². The molecule has 5 nitrogen and oxygen atoms in total. The third-order valence-electron chi connectivity index (χ3n) is 2.55. The summed E-state index contributed by atoms with van der Waals surface area (Å²) in [5.74, 6) is 0.359. The Hall–Kier alpha value is -2.14. The first-order valence-corrected chi connectivity index (χ1v) is 6.69. The van der Waals surface area contributed by atoms with Gasteiger partial charge in [0.2, 0.25) is 0 Å². The van der Waals surface area contributed by atoms with Crippen molar-refractivity contribution in [2.75, 3.05) is 11.9 Å². The highest BCUT2D eigenvalue weighted by Crippen LogP contribution is 2.17. The van der Waals surface area contributed by atoms with E-state index in [1.807, 2.05) is 19.1 Å². The quantitative estimate of drug-likeness (QED) is 0.888. The van der Waals surface area contributed by atoms with Crippen molar-refractivity contribution < 1.29 is 4.79 Å². The first-order chi connectivity index (χ1) is 9.69. The zero-order valence-corrected chi connectivity index (χ0v) is 11.8. The zero-order chi connectivity index (χ0) is 14.4. The molecular weight excluding hydrogens is 276 g/mol. The van der Waals surface area contributed by atoms with Crippen molar-refractivity contribution >= 4 is 29.0 Å². The minimum absolute atomic E-state index is 0.201. The number of benzene rings is 1. The summed E-state index contributed by atoms with van der Waals surface area (Å²) < 4.78 is 0. The van der Waals surface area contributed by atoms with Crippen LogP contribution in [0.4, 0.5) is 11.5 Å². The molecule has 1 aromatic heterocycles. The smallest absolute Gasteiger partial charge is 0.270 e. The normalized spacial score (nSPS) is 10.1. The van der Waals surface area contributed by atoms with Crippen LogP contribution < -0.4 is 10.6 Å². The summed E-state index contributed by atoms with van der Waals surface area (Å²) in [5, 5.41) is 6.53. The van der Waals surface area contributed by atoms with Crippen LogP contribution in [0.1, 0.15) is 23.8 Å². The molecule has 0 spiro atoms. The van der Waals surface area contributed by atoms with Crippen LogP contribution in [0.3, 0.4) is 0 Å². The maximum absolute atomic E-state index is 11.8. The van der Waals surface area contributed by atoms with Gasteiger partial charge in [0.15, 0.2) is 0 Å². The van der Waals surface area contributed by atoms with Crippen molar-refractivity contribution in [1.82, 2.24) is 15.3 Å². The van der Waals surface area contributed by atoms with Crippen LogP contribution in [0.5, 0.6) is 0 Å².